The summed E-state index contributed by atoms with van der Waals surface area (Å²) in [4.78, 5) is 9.22. The average Bonchev–Trinajstić information content (AvgIpc) is 2.74. The van der Waals surface area contributed by atoms with Crippen LogP contribution in [0.5, 0.6) is 0 Å². The van der Waals surface area contributed by atoms with Crippen molar-refractivity contribution in [3.63, 3.8) is 0 Å². The third-order valence-electron chi connectivity index (χ3n) is 4.02. The molecule has 1 N–H and O–H groups in total. The number of aromatic nitrogens is 2. The van der Waals surface area contributed by atoms with Crippen LogP contribution in [0.2, 0.25) is 0 Å². The quantitative estimate of drug-likeness (QED) is 0.779. The predicted molar refractivity (Wildman–Crippen MR) is 63.3 cm³/mol. The number of fused-ring (bicyclic) bond motifs is 1. The molecule has 1 aromatic heterocycles. The van der Waals surface area contributed by atoms with E-state index in [0.717, 1.165) is 29.0 Å². The predicted octanol–water partition coefficient (Wildman–Crippen LogP) is 1.81. The Bertz CT molecular complexity index is 370. The topological polar surface area (TPSA) is 37.8 Å². The van der Waals surface area contributed by atoms with Crippen molar-refractivity contribution in [3.05, 3.63) is 23.3 Å². The Labute approximate surface area is 96.7 Å². The molecule has 86 valence electrons. The molecule has 3 rings (SSSR count). The Kier molecular flexibility index (Phi) is 2.43. The van der Waals surface area contributed by atoms with Crippen molar-refractivity contribution in [2.45, 2.75) is 32.6 Å². The first-order valence-corrected chi connectivity index (χ1v) is 6.25. The minimum atomic E-state index is 0.607. The Morgan fingerprint density at radius 3 is 2.19 bits per heavy atom. The second-order valence-corrected chi connectivity index (χ2v) is 5.36. The van der Waals surface area contributed by atoms with Crippen LogP contribution >= 0.6 is 0 Å². The molecule has 1 aliphatic heterocycles. The summed E-state index contributed by atoms with van der Waals surface area (Å²) in [6.07, 6.45) is 2.56. The minimum Gasteiger partial charge on any atom is -0.316 e. The molecule has 2 heterocycles. The summed E-state index contributed by atoms with van der Waals surface area (Å²) in [6.45, 7) is 6.53. The number of aryl methyl sites for hydroxylation is 2. The van der Waals surface area contributed by atoms with Crippen LogP contribution in [0.3, 0.4) is 0 Å². The molecular weight excluding hydrogens is 198 g/mol. The SMILES string of the molecule is Cc1cc(C)nc(C2CC3CNCC3C2)n1. The maximum absolute atomic E-state index is 4.61. The van der Waals surface area contributed by atoms with Crippen molar-refractivity contribution in [1.82, 2.24) is 15.3 Å². The molecule has 2 unspecified atom stereocenters. The van der Waals surface area contributed by atoms with E-state index >= 15 is 0 Å². The van der Waals surface area contributed by atoms with Crippen molar-refractivity contribution in [3.8, 4) is 0 Å². The number of hydrogen-bond donors (Lipinski definition) is 1. The van der Waals surface area contributed by atoms with E-state index in [1.807, 2.05) is 0 Å². The van der Waals surface area contributed by atoms with Gasteiger partial charge in [-0.1, -0.05) is 0 Å². The van der Waals surface area contributed by atoms with Gasteiger partial charge in [0.1, 0.15) is 5.82 Å². The first-order valence-electron chi connectivity index (χ1n) is 6.25. The van der Waals surface area contributed by atoms with Gasteiger partial charge in [0, 0.05) is 17.3 Å². The van der Waals surface area contributed by atoms with Gasteiger partial charge >= 0.3 is 0 Å². The van der Waals surface area contributed by atoms with E-state index in [-0.39, 0.29) is 0 Å². The fourth-order valence-corrected chi connectivity index (χ4v) is 3.31. The summed E-state index contributed by atoms with van der Waals surface area (Å²) >= 11 is 0. The summed E-state index contributed by atoms with van der Waals surface area (Å²) < 4.78 is 0. The molecule has 0 spiro atoms. The molecule has 1 aliphatic carbocycles. The maximum atomic E-state index is 4.61. The van der Waals surface area contributed by atoms with E-state index in [1.54, 1.807) is 0 Å². The third-order valence-corrected chi connectivity index (χ3v) is 4.02. The van der Waals surface area contributed by atoms with Crippen molar-refractivity contribution >= 4 is 0 Å². The number of nitrogens with one attached hydrogen (secondary N) is 1. The first-order chi connectivity index (χ1) is 7.72. The van der Waals surface area contributed by atoms with Crippen LogP contribution in [0.15, 0.2) is 6.07 Å². The molecule has 0 amide bonds. The van der Waals surface area contributed by atoms with E-state index in [1.165, 1.54) is 25.9 Å². The van der Waals surface area contributed by atoms with Gasteiger partial charge in [-0.25, -0.2) is 9.97 Å². The molecule has 2 atom stereocenters. The number of nitrogens with zero attached hydrogens (tertiary/aromatic N) is 2. The highest BCUT2D eigenvalue weighted by molar-refractivity contribution is 5.13. The van der Waals surface area contributed by atoms with Gasteiger partial charge in [0.15, 0.2) is 0 Å². The van der Waals surface area contributed by atoms with Crippen LogP contribution < -0.4 is 5.32 Å². The zero-order chi connectivity index (χ0) is 11.1. The molecular formula is C13H19N3. The zero-order valence-corrected chi connectivity index (χ0v) is 10.0. The fraction of sp³-hybridized carbons (Fsp3) is 0.692. The van der Waals surface area contributed by atoms with E-state index < -0.39 is 0 Å². The van der Waals surface area contributed by atoms with Gasteiger partial charge in [-0.3, -0.25) is 0 Å². The zero-order valence-electron chi connectivity index (χ0n) is 10.0. The molecule has 2 aliphatic rings. The largest absolute Gasteiger partial charge is 0.316 e. The lowest BCUT2D eigenvalue weighted by molar-refractivity contribution is 0.494. The summed E-state index contributed by atoms with van der Waals surface area (Å²) in [7, 11) is 0. The van der Waals surface area contributed by atoms with E-state index in [4.69, 9.17) is 0 Å². The van der Waals surface area contributed by atoms with Gasteiger partial charge in [0.25, 0.3) is 0 Å². The van der Waals surface area contributed by atoms with Gasteiger partial charge in [-0.15, -0.1) is 0 Å². The molecule has 0 aromatic carbocycles. The minimum absolute atomic E-state index is 0.607. The van der Waals surface area contributed by atoms with Gasteiger partial charge in [0.2, 0.25) is 0 Å². The lowest BCUT2D eigenvalue weighted by atomic mass is 10.0. The van der Waals surface area contributed by atoms with Crippen LogP contribution in [0, 0.1) is 25.7 Å². The molecule has 1 saturated heterocycles. The Morgan fingerprint density at radius 2 is 1.62 bits per heavy atom. The average molecular weight is 217 g/mol. The van der Waals surface area contributed by atoms with E-state index in [2.05, 4.69) is 35.2 Å². The first kappa shape index (κ1) is 10.2. The molecule has 2 fully saturated rings. The molecule has 1 aromatic rings. The molecule has 0 bridgehead atoms. The van der Waals surface area contributed by atoms with Gasteiger partial charge in [-0.2, -0.15) is 0 Å². The molecule has 3 nitrogen and oxygen atoms in total. The smallest absolute Gasteiger partial charge is 0.131 e. The van der Waals surface area contributed by atoms with Crippen LogP contribution in [-0.4, -0.2) is 23.1 Å². The van der Waals surface area contributed by atoms with E-state index in [9.17, 15) is 0 Å². The standard InChI is InChI=1S/C13H19N3/c1-8-3-9(2)16-13(15-8)10-4-11-6-14-7-12(11)5-10/h3,10-12,14H,4-7H2,1-2H3. The van der Waals surface area contributed by atoms with Gasteiger partial charge in [0.05, 0.1) is 0 Å². The lowest BCUT2D eigenvalue weighted by Crippen LogP contribution is -2.13. The van der Waals surface area contributed by atoms with Crippen molar-refractivity contribution in [2.75, 3.05) is 13.1 Å². The monoisotopic (exact) mass is 217 g/mol. The van der Waals surface area contributed by atoms with Crippen LogP contribution in [0.25, 0.3) is 0 Å². The van der Waals surface area contributed by atoms with Crippen LogP contribution in [0.4, 0.5) is 0 Å². The van der Waals surface area contributed by atoms with Crippen molar-refractivity contribution in [1.29, 1.82) is 0 Å². The Hall–Kier alpha value is -0.960. The van der Waals surface area contributed by atoms with Crippen molar-refractivity contribution < 1.29 is 0 Å². The second-order valence-electron chi connectivity index (χ2n) is 5.36. The van der Waals surface area contributed by atoms with Crippen LogP contribution in [-0.2, 0) is 0 Å². The molecule has 0 radical (unpaired) electrons. The second kappa shape index (κ2) is 3.81. The summed E-state index contributed by atoms with van der Waals surface area (Å²) in [5, 5.41) is 3.48. The number of rotatable bonds is 1. The fourth-order valence-electron chi connectivity index (χ4n) is 3.31. The highest BCUT2D eigenvalue weighted by atomic mass is 14.9. The normalized spacial score (nSPS) is 33.0. The van der Waals surface area contributed by atoms with Crippen LogP contribution in [0.1, 0.15) is 36.0 Å². The molecule has 1 saturated carbocycles. The van der Waals surface area contributed by atoms with Gasteiger partial charge < -0.3 is 5.32 Å². The number of hydrogen-bond acceptors (Lipinski definition) is 3. The third kappa shape index (κ3) is 1.73. The van der Waals surface area contributed by atoms with E-state index in [0.29, 0.717) is 5.92 Å². The Balaban J connectivity index is 1.83. The highest BCUT2D eigenvalue weighted by Crippen LogP contribution is 2.42. The van der Waals surface area contributed by atoms with Crippen molar-refractivity contribution in [2.24, 2.45) is 11.8 Å². The maximum Gasteiger partial charge on any atom is 0.131 e. The molecule has 16 heavy (non-hydrogen) atoms. The summed E-state index contributed by atoms with van der Waals surface area (Å²) in [5.74, 6) is 3.44. The lowest BCUT2D eigenvalue weighted by Gasteiger charge is -2.11. The Morgan fingerprint density at radius 1 is 1.06 bits per heavy atom. The summed E-state index contributed by atoms with van der Waals surface area (Å²) in [5.41, 5.74) is 2.22. The summed E-state index contributed by atoms with van der Waals surface area (Å²) in [6, 6.07) is 2.06. The highest BCUT2D eigenvalue weighted by Gasteiger charge is 2.38. The molecule has 3 heteroatoms. The van der Waals surface area contributed by atoms with Gasteiger partial charge in [-0.05, 0) is 57.7 Å².